The fraction of sp³-hybridized carbons (Fsp3) is 0. The van der Waals surface area contributed by atoms with Crippen LogP contribution in [0.2, 0.25) is 10.0 Å². The van der Waals surface area contributed by atoms with Crippen molar-refractivity contribution < 1.29 is 23.5 Å². The van der Waals surface area contributed by atoms with E-state index in [2.05, 4.69) is 15.8 Å². The SMILES string of the molecule is O=C(N/N=C/c1cccc(OC(=O)c2ccc(Cl)cc2)c1)C(=O)Nc1ccc(F)c(Cl)c1. The Morgan fingerprint density at radius 2 is 1.69 bits per heavy atom. The van der Waals surface area contributed by atoms with Crippen LogP contribution in [0.1, 0.15) is 15.9 Å². The number of amides is 2. The summed E-state index contributed by atoms with van der Waals surface area (Å²) in [5.74, 6) is -3.03. The molecule has 2 amide bonds. The van der Waals surface area contributed by atoms with Crippen molar-refractivity contribution in [2.45, 2.75) is 0 Å². The molecule has 0 unspecified atom stereocenters. The quantitative estimate of drug-likeness (QED) is 0.188. The average Bonchev–Trinajstić information content (AvgIpc) is 2.77. The lowest BCUT2D eigenvalue weighted by Gasteiger charge is -2.06. The minimum absolute atomic E-state index is 0.149. The molecule has 0 aromatic heterocycles. The minimum atomic E-state index is -1.05. The molecule has 0 radical (unpaired) electrons. The van der Waals surface area contributed by atoms with E-state index in [0.717, 1.165) is 6.07 Å². The number of anilines is 1. The van der Waals surface area contributed by atoms with Crippen LogP contribution in [0.3, 0.4) is 0 Å². The van der Waals surface area contributed by atoms with Gasteiger partial charge in [0.05, 0.1) is 16.8 Å². The van der Waals surface area contributed by atoms with Gasteiger partial charge in [-0.25, -0.2) is 14.6 Å². The number of carbonyl (C=O) groups is 3. The van der Waals surface area contributed by atoms with Gasteiger partial charge in [0.15, 0.2) is 0 Å². The van der Waals surface area contributed by atoms with Gasteiger partial charge in [-0.1, -0.05) is 35.3 Å². The van der Waals surface area contributed by atoms with Crippen LogP contribution < -0.4 is 15.5 Å². The molecule has 162 valence electrons. The lowest BCUT2D eigenvalue weighted by atomic mass is 10.2. The smallest absolute Gasteiger partial charge is 0.343 e. The molecule has 3 aromatic rings. The van der Waals surface area contributed by atoms with Gasteiger partial charge in [0.1, 0.15) is 11.6 Å². The zero-order valence-corrected chi connectivity index (χ0v) is 17.7. The Bertz CT molecular complexity index is 1200. The van der Waals surface area contributed by atoms with Crippen molar-refractivity contribution in [3.8, 4) is 5.75 Å². The molecule has 0 aliphatic heterocycles. The van der Waals surface area contributed by atoms with E-state index in [1.54, 1.807) is 30.3 Å². The van der Waals surface area contributed by atoms with Crippen LogP contribution in [0.5, 0.6) is 5.75 Å². The first-order valence-corrected chi connectivity index (χ1v) is 9.74. The molecule has 2 N–H and O–H groups in total. The second-order valence-electron chi connectivity index (χ2n) is 6.25. The van der Waals surface area contributed by atoms with Crippen molar-refractivity contribution in [1.29, 1.82) is 0 Å². The van der Waals surface area contributed by atoms with Crippen LogP contribution in [0.25, 0.3) is 0 Å². The maximum Gasteiger partial charge on any atom is 0.343 e. The highest BCUT2D eigenvalue weighted by atomic mass is 35.5. The molecule has 0 aliphatic rings. The molecule has 0 atom stereocenters. The molecule has 0 bridgehead atoms. The largest absolute Gasteiger partial charge is 0.423 e. The molecule has 0 fully saturated rings. The number of ether oxygens (including phenoxy) is 1. The summed E-state index contributed by atoms with van der Waals surface area (Å²) < 4.78 is 18.4. The van der Waals surface area contributed by atoms with Crippen LogP contribution >= 0.6 is 23.2 Å². The van der Waals surface area contributed by atoms with Crippen LogP contribution in [-0.2, 0) is 9.59 Å². The molecule has 0 spiro atoms. The lowest BCUT2D eigenvalue weighted by molar-refractivity contribution is -0.136. The topological polar surface area (TPSA) is 96.9 Å². The van der Waals surface area contributed by atoms with Gasteiger partial charge in [-0.15, -0.1) is 0 Å². The summed E-state index contributed by atoms with van der Waals surface area (Å²) in [6, 6.07) is 16.1. The predicted molar refractivity (Wildman–Crippen MR) is 119 cm³/mol. The predicted octanol–water partition coefficient (Wildman–Crippen LogP) is 4.44. The third-order valence-corrected chi connectivity index (χ3v) is 4.45. The first-order valence-electron chi connectivity index (χ1n) is 8.99. The Balaban J connectivity index is 1.56. The molecule has 0 aliphatic carbocycles. The number of nitrogens with zero attached hydrogens (tertiary/aromatic N) is 1. The van der Waals surface area contributed by atoms with Crippen molar-refractivity contribution in [1.82, 2.24) is 5.43 Å². The molecule has 10 heteroatoms. The summed E-state index contributed by atoms with van der Waals surface area (Å²) in [7, 11) is 0. The first kappa shape index (κ1) is 22.9. The van der Waals surface area contributed by atoms with Gasteiger partial charge in [-0.2, -0.15) is 5.10 Å². The Labute approximate surface area is 191 Å². The van der Waals surface area contributed by atoms with E-state index in [0.29, 0.717) is 16.1 Å². The van der Waals surface area contributed by atoms with Crippen LogP contribution in [0.15, 0.2) is 71.8 Å². The number of hydrazone groups is 1. The Morgan fingerprint density at radius 1 is 0.938 bits per heavy atom. The number of hydrogen-bond acceptors (Lipinski definition) is 5. The summed E-state index contributed by atoms with van der Waals surface area (Å²) >= 11 is 11.4. The number of esters is 1. The molecule has 3 aromatic carbocycles. The van der Waals surface area contributed by atoms with E-state index in [1.165, 1.54) is 36.5 Å². The molecule has 0 saturated carbocycles. The fourth-order valence-electron chi connectivity index (χ4n) is 2.39. The van der Waals surface area contributed by atoms with E-state index in [9.17, 15) is 18.8 Å². The van der Waals surface area contributed by atoms with Crippen molar-refractivity contribution in [3.05, 3.63) is 93.7 Å². The molecule has 32 heavy (non-hydrogen) atoms. The van der Waals surface area contributed by atoms with E-state index in [-0.39, 0.29) is 16.5 Å². The van der Waals surface area contributed by atoms with Gasteiger partial charge in [-0.3, -0.25) is 9.59 Å². The third-order valence-electron chi connectivity index (χ3n) is 3.91. The summed E-state index contributed by atoms with van der Waals surface area (Å²) in [4.78, 5) is 35.9. The molecular formula is C22H14Cl2FN3O4. The Kier molecular flexibility index (Phi) is 7.54. The van der Waals surface area contributed by atoms with Gasteiger partial charge >= 0.3 is 17.8 Å². The summed E-state index contributed by atoms with van der Waals surface area (Å²) in [6.45, 7) is 0. The summed E-state index contributed by atoms with van der Waals surface area (Å²) in [5, 5.41) is 6.26. The van der Waals surface area contributed by atoms with E-state index < -0.39 is 23.6 Å². The third kappa shape index (κ3) is 6.37. The van der Waals surface area contributed by atoms with Crippen molar-refractivity contribution >= 4 is 52.9 Å². The highest BCUT2D eigenvalue weighted by Gasteiger charge is 2.14. The zero-order chi connectivity index (χ0) is 23.1. The normalized spacial score (nSPS) is 10.6. The second kappa shape index (κ2) is 10.5. The van der Waals surface area contributed by atoms with Gasteiger partial charge in [-0.05, 0) is 60.2 Å². The Hall–Kier alpha value is -3.75. The maximum absolute atomic E-state index is 13.1. The highest BCUT2D eigenvalue weighted by Crippen LogP contribution is 2.19. The number of halogens is 3. The molecular weight excluding hydrogens is 460 g/mol. The monoisotopic (exact) mass is 473 g/mol. The molecule has 0 saturated heterocycles. The first-order chi connectivity index (χ1) is 15.3. The number of benzene rings is 3. The van der Waals surface area contributed by atoms with Gasteiger partial charge in [0.25, 0.3) is 0 Å². The number of carbonyl (C=O) groups excluding carboxylic acids is 3. The van der Waals surface area contributed by atoms with Gasteiger partial charge < -0.3 is 10.1 Å². The fourth-order valence-corrected chi connectivity index (χ4v) is 2.69. The zero-order valence-electron chi connectivity index (χ0n) is 16.1. The van der Waals surface area contributed by atoms with E-state index in [1.807, 2.05) is 0 Å². The average molecular weight is 474 g/mol. The number of rotatable bonds is 5. The number of hydrogen-bond donors (Lipinski definition) is 2. The second-order valence-corrected chi connectivity index (χ2v) is 7.09. The van der Waals surface area contributed by atoms with Crippen LogP contribution in [-0.4, -0.2) is 24.0 Å². The summed E-state index contributed by atoms with van der Waals surface area (Å²) in [6.07, 6.45) is 1.26. The lowest BCUT2D eigenvalue weighted by Crippen LogP contribution is -2.32. The number of nitrogens with one attached hydrogen (secondary N) is 2. The van der Waals surface area contributed by atoms with E-state index >= 15 is 0 Å². The van der Waals surface area contributed by atoms with E-state index in [4.69, 9.17) is 27.9 Å². The van der Waals surface area contributed by atoms with Crippen molar-refractivity contribution in [2.24, 2.45) is 5.10 Å². The standard InChI is InChI=1S/C22H14Cl2FN3O4/c23-15-6-4-14(5-7-15)22(31)32-17-3-1-2-13(10-17)12-26-28-21(30)20(29)27-16-8-9-19(25)18(24)11-16/h1-12H,(H,27,29)(H,28,30)/b26-12+. The van der Waals surface area contributed by atoms with Gasteiger partial charge in [0.2, 0.25) is 0 Å². The van der Waals surface area contributed by atoms with Gasteiger partial charge in [0, 0.05) is 10.7 Å². The highest BCUT2D eigenvalue weighted by molar-refractivity contribution is 6.39. The molecule has 0 heterocycles. The minimum Gasteiger partial charge on any atom is -0.423 e. The molecule has 3 rings (SSSR count). The summed E-state index contributed by atoms with van der Waals surface area (Å²) in [5.41, 5.74) is 3.03. The maximum atomic E-state index is 13.1. The van der Waals surface area contributed by atoms with Crippen molar-refractivity contribution in [2.75, 3.05) is 5.32 Å². The molecule has 7 nitrogen and oxygen atoms in total. The van der Waals surface area contributed by atoms with Crippen LogP contribution in [0.4, 0.5) is 10.1 Å². The van der Waals surface area contributed by atoms with Crippen molar-refractivity contribution in [3.63, 3.8) is 0 Å². The Morgan fingerprint density at radius 3 is 2.41 bits per heavy atom. The van der Waals surface area contributed by atoms with Crippen LogP contribution in [0, 0.1) is 5.82 Å².